The zero-order valence-electron chi connectivity index (χ0n) is 19.4. The molecule has 8 nitrogen and oxygen atoms in total. The fourth-order valence-electron chi connectivity index (χ4n) is 4.41. The molecule has 0 atom stereocenters. The molecule has 4 rings (SSSR count). The summed E-state index contributed by atoms with van der Waals surface area (Å²) >= 11 is 0. The van der Waals surface area contributed by atoms with Gasteiger partial charge in [-0.2, -0.15) is 5.10 Å². The molecule has 1 aliphatic rings. The Morgan fingerprint density at radius 3 is 2.36 bits per heavy atom. The molecule has 0 unspecified atom stereocenters. The van der Waals surface area contributed by atoms with Crippen molar-refractivity contribution in [3.05, 3.63) is 76.0 Å². The Morgan fingerprint density at radius 2 is 1.73 bits per heavy atom. The Hall–Kier alpha value is -3.55. The molecular weight excluding hydrogens is 420 g/mol. The van der Waals surface area contributed by atoms with Gasteiger partial charge in [0.15, 0.2) is 11.5 Å². The summed E-state index contributed by atoms with van der Waals surface area (Å²) in [5.74, 6) is 2.06. The minimum atomic E-state index is -0.0832. The van der Waals surface area contributed by atoms with E-state index in [1.54, 1.807) is 41.7 Å². The molecule has 0 saturated carbocycles. The molecule has 1 aliphatic heterocycles. The van der Waals surface area contributed by atoms with Gasteiger partial charge in [0, 0.05) is 31.1 Å². The number of methoxy groups -OCH3 is 2. The van der Waals surface area contributed by atoms with Crippen LogP contribution in [0, 0.1) is 0 Å². The van der Waals surface area contributed by atoms with Crippen LogP contribution in [0.1, 0.15) is 47.4 Å². The lowest BCUT2D eigenvalue weighted by atomic mass is 9.95. The van der Waals surface area contributed by atoms with Crippen LogP contribution in [-0.4, -0.2) is 52.5 Å². The van der Waals surface area contributed by atoms with Crippen molar-refractivity contribution in [3.8, 4) is 11.5 Å². The van der Waals surface area contributed by atoms with Crippen LogP contribution in [0.3, 0.4) is 0 Å². The average molecular weight is 451 g/mol. The number of ether oxygens (including phenoxy) is 2. The highest BCUT2D eigenvalue weighted by atomic mass is 16.5. The lowest BCUT2D eigenvalue weighted by Crippen LogP contribution is -2.38. The van der Waals surface area contributed by atoms with E-state index in [4.69, 9.17) is 14.6 Å². The SMILES string of the molecule is CCn1c(C2CCN(C(=O)c3ccc(OC)c(OC)c3)CC2)nn(Cc2ccccc2)c1=O. The van der Waals surface area contributed by atoms with Crippen LogP contribution in [-0.2, 0) is 13.1 Å². The van der Waals surface area contributed by atoms with Crippen LogP contribution in [0.25, 0.3) is 0 Å². The topological polar surface area (TPSA) is 78.6 Å². The summed E-state index contributed by atoms with van der Waals surface area (Å²) in [6.07, 6.45) is 1.53. The predicted octanol–water partition coefficient (Wildman–Crippen LogP) is 3.15. The number of hydrogen-bond donors (Lipinski definition) is 0. The van der Waals surface area contributed by atoms with E-state index < -0.39 is 0 Å². The van der Waals surface area contributed by atoms with Gasteiger partial charge in [0.25, 0.3) is 5.91 Å². The van der Waals surface area contributed by atoms with Gasteiger partial charge in [-0.15, -0.1) is 0 Å². The molecule has 1 saturated heterocycles. The lowest BCUT2D eigenvalue weighted by molar-refractivity contribution is 0.0709. The standard InChI is InChI=1S/C25H30N4O4/c1-4-28-23(26-29(25(28)31)17-18-8-6-5-7-9-18)19-12-14-27(15-13-19)24(30)20-10-11-21(32-2)22(16-20)33-3/h5-11,16,19H,4,12-15,17H2,1-3H3. The number of piperidine rings is 1. The predicted molar refractivity (Wildman–Crippen MR) is 125 cm³/mol. The Morgan fingerprint density at radius 1 is 1.03 bits per heavy atom. The Bertz CT molecular complexity index is 1160. The monoisotopic (exact) mass is 450 g/mol. The molecule has 0 bridgehead atoms. The van der Waals surface area contributed by atoms with E-state index in [1.165, 1.54) is 0 Å². The molecular formula is C25H30N4O4. The van der Waals surface area contributed by atoms with E-state index in [-0.39, 0.29) is 17.5 Å². The van der Waals surface area contributed by atoms with Gasteiger partial charge in [-0.25, -0.2) is 9.48 Å². The molecule has 174 valence electrons. The van der Waals surface area contributed by atoms with Gasteiger partial charge in [-0.05, 0) is 43.5 Å². The van der Waals surface area contributed by atoms with Crippen LogP contribution < -0.4 is 15.2 Å². The molecule has 0 N–H and O–H groups in total. The summed E-state index contributed by atoms with van der Waals surface area (Å²) in [6.45, 7) is 4.22. The molecule has 0 radical (unpaired) electrons. The first-order chi connectivity index (χ1) is 16.0. The van der Waals surface area contributed by atoms with E-state index in [9.17, 15) is 9.59 Å². The van der Waals surface area contributed by atoms with Crippen molar-refractivity contribution in [1.82, 2.24) is 19.2 Å². The Kier molecular flexibility index (Phi) is 6.82. The number of likely N-dealkylation sites (tertiary alicyclic amines) is 1. The van der Waals surface area contributed by atoms with Crippen LogP contribution >= 0.6 is 0 Å². The zero-order chi connectivity index (χ0) is 23.4. The lowest BCUT2D eigenvalue weighted by Gasteiger charge is -2.31. The molecule has 33 heavy (non-hydrogen) atoms. The van der Waals surface area contributed by atoms with Crippen molar-refractivity contribution >= 4 is 5.91 Å². The maximum absolute atomic E-state index is 13.0. The van der Waals surface area contributed by atoms with Gasteiger partial charge < -0.3 is 14.4 Å². The van der Waals surface area contributed by atoms with E-state index in [2.05, 4.69) is 0 Å². The summed E-state index contributed by atoms with van der Waals surface area (Å²) in [5.41, 5.74) is 1.53. The maximum atomic E-state index is 13.0. The van der Waals surface area contributed by atoms with E-state index >= 15 is 0 Å². The summed E-state index contributed by atoms with van der Waals surface area (Å²) in [6, 6.07) is 15.1. The minimum absolute atomic E-state index is 0.0307. The molecule has 1 aromatic heterocycles. The third kappa shape index (κ3) is 4.65. The third-order valence-corrected chi connectivity index (χ3v) is 6.22. The van der Waals surface area contributed by atoms with Crippen molar-refractivity contribution in [3.63, 3.8) is 0 Å². The Balaban J connectivity index is 1.47. The highest BCUT2D eigenvalue weighted by molar-refractivity contribution is 5.95. The number of benzene rings is 2. The molecule has 1 amide bonds. The quantitative estimate of drug-likeness (QED) is 0.553. The first kappa shape index (κ1) is 22.6. The molecule has 0 spiro atoms. The van der Waals surface area contributed by atoms with E-state index in [0.717, 1.165) is 24.2 Å². The van der Waals surface area contributed by atoms with Crippen molar-refractivity contribution < 1.29 is 14.3 Å². The summed E-state index contributed by atoms with van der Waals surface area (Å²) < 4.78 is 13.9. The summed E-state index contributed by atoms with van der Waals surface area (Å²) in [5, 5.41) is 4.70. The molecule has 0 aliphatic carbocycles. The largest absolute Gasteiger partial charge is 0.493 e. The number of nitrogens with zero attached hydrogens (tertiary/aromatic N) is 4. The van der Waals surface area contributed by atoms with Crippen LogP contribution in [0.2, 0.25) is 0 Å². The van der Waals surface area contributed by atoms with Gasteiger partial charge in [-0.3, -0.25) is 9.36 Å². The number of aromatic nitrogens is 3. The fraction of sp³-hybridized carbons (Fsp3) is 0.400. The summed E-state index contributed by atoms with van der Waals surface area (Å²) in [4.78, 5) is 27.8. The van der Waals surface area contributed by atoms with Crippen molar-refractivity contribution in [2.75, 3.05) is 27.3 Å². The number of hydrogen-bond acceptors (Lipinski definition) is 5. The van der Waals surface area contributed by atoms with Gasteiger partial charge in [-0.1, -0.05) is 30.3 Å². The third-order valence-electron chi connectivity index (χ3n) is 6.22. The maximum Gasteiger partial charge on any atom is 0.346 e. The Labute approximate surface area is 193 Å². The summed E-state index contributed by atoms with van der Waals surface area (Å²) in [7, 11) is 3.13. The van der Waals surface area contributed by atoms with Crippen molar-refractivity contribution in [1.29, 1.82) is 0 Å². The highest BCUT2D eigenvalue weighted by Crippen LogP contribution is 2.30. The van der Waals surface area contributed by atoms with Gasteiger partial charge >= 0.3 is 5.69 Å². The van der Waals surface area contributed by atoms with Gasteiger partial charge in [0.05, 0.1) is 20.8 Å². The second-order valence-corrected chi connectivity index (χ2v) is 8.16. The first-order valence-corrected chi connectivity index (χ1v) is 11.3. The molecule has 3 aromatic rings. The second-order valence-electron chi connectivity index (χ2n) is 8.16. The van der Waals surface area contributed by atoms with Crippen LogP contribution in [0.5, 0.6) is 11.5 Å². The van der Waals surface area contributed by atoms with Crippen LogP contribution in [0.4, 0.5) is 0 Å². The second kappa shape index (κ2) is 9.94. The number of amides is 1. The number of carbonyl (C=O) groups is 1. The fourth-order valence-corrected chi connectivity index (χ4v) is 4.41. The zero-order valence-corrected chi connectivity index (χ0v) is 19.4. The molecule has 1 fully saturated rings. The molecule has 2 aromatic carbocycles. The van der Waals surface area contributed by atoms with E-state index in [0.29, 0.717) is 43.2 Å². The van der Waals surface area contributed by atoms with Gasteiger partial charge in [0.2, 0.25) is 0 Å². The van der Waals surface area contributed by atoms with Crippen LogP contribution in [0.15, 0.2) is 53.3 Å². The van der Waals surface area contributed by atoms with Crippen molar-refractivity contribution in [2.24, 2.45) is 0 Å². The average Bonchev–Trinajstić information content (AvgIpc) is 3.18. The molecule has 2 heterocycles. The van der Waals surface area contributed by atoms with Crippen molar-refractivity contribution in [2.45, 2.75) is 38.8 Å². The normalized spacial score (nSPS) is 14.3. The van der Waals surface area contributed by atoms with E-state index in [1.807, 2.05) is 42.2 Å². The number of rotatable bonds is 7. The highest BCUT2D eigenvalue weighted by Gasteiger charge is 2.29. The first-order valence-electron chi connectivity index (χ1n) is 11.3. The minimum Gasteiger partial charge on any atom is -0.493 e. The van der Waals surface area contributed by atoms with Gasteiger partial charge in [0.1, 0.15) is 5.82 Å². The smallest absolute Gasteiger partial charge is 0.346 e. The number of carbonyl (C=O) groups excluding carboxylic acids is 1. The molecule has 8 heteroatoms.